The number of aromatic nitrogens is 7. The number of hydrogen-bond donors (Lipinski definition) is 1. The molecule has 118 valence electrons. The van der Waals surface area contributed by atoms with Crippen molar-refractivity contribution in [3.63, 3.8) is 0 Å². The Balaban J connectivity index is 1.51. The maximum atomic E-state index is 12.3. The van der Waals surface area contributed by atoms with Crippen LogP contribution < -0.4 is 0 Å². The third kappa shape index (κ3) is 2.50. The molecule has 0 aliphatic carbocycles. The number of Topliss-reactive ketones (excluding diaryl/α,β-unsaturated/α-hetero) is 1. The highest BCUT2D eigenvalue weighted by atomic mass is 32.1. The second kappa shape index (κ2) is 5.78. The second-order valence-corrected chi connectivity index (χ2v) is 6.06. The van der Waals surface area contributed by atoms with Crippen LogP contribution in [0.4, 0.5) is 0 Å². The first-order chi connectivity index (χ1) is 11.7. The number of nitriles is 1. The first kappa shape index (κ1) is 14.4. The number of imidazole rings is 1. The summed E-state index contributed by atoms with van der Waals surface area (Å²) in [4.78, 5) is 24.2. The minimum absolute atomic E-state index is 0.128. The van der Waals surface area contributed by atoms with Crippen molar-refractivity contribution in [2.45, 2.75) is 19.3 Å². The Kier molecular flexibility index (Phi) is 3.47. The lowest BCUT2D eigenvalue weighted by Crippen LogP contribution is -2.06. The number of fused-ring (bicyclic) bond motifs is 2. The highest BCUT2D eigenvalue weighted by Gasteiger charge is 2.16. The SMILES string of the molecule is N#CCc1nn2c(CCC(=O)c3nc4ncccc4[nH]3)nnc2s1. The summed E-state index contributed by atoms with van der Waals surface area (Å²) in [5.74, 6) is 0.748. The standard InChI is InChI=1S/C14H10N8OS/c15-6-5-11-21-22-10(19-20-14(22)24-11)4-3-9(23)13-17-8-2-1-7-16-12(8)18-13/h1-2,7H,3-5H2,(H,16,17,18). The summed E-state index contributed by atoms with van der Waals surface area (Å²) in [5, 5.41) is 21.8. The van der Waals surface area contributed by atoms with Gasteiger partial charge >= 0.3 is 0 Å². The molecule has 24 heavy (non-hydrogen) atoms. The molecule has 0 unspecified atom stereocenters. The zero-order valence-corrected chi connectivity index (χ0v) is 13.1. The van der Waals surface area contributed by atoms with Crippen molar-refractivity contribution in [2.75, 3.05) is 0 Å². The Morgan fingerprint density at radius 2 is 2.33 bits per heavy atom. The number of nitrogens with zero attached hydrogens (tertiary/aromatic N) is 7. The molecule has 0 atom stereocenters. The number of carbonyl (C=O) groups is 1. The lowest BCUT2D eigenvalue weighted by atomic mass is 10.2. The summed E-state index contributed by atoms with van der Waals surface area (Å²) in [6.45, 7) is 0. The van der Waals surface area contributed by atoms with Crippen LogP contribution in [0.3, 0.4) is 0 Å². The van der Waals surface area contributed by atoms with Crippen LogP contribution in [0, 0.1) is 11.3 Å². The van der Waals surface area contributed by atoms with E-state index in [1.54, 1.807) is 16.8 Å². The topological polar surface area (TPSA) is 126 Å². The average molecular weight is 338 g/mol. The fraction of sp³-hybridized carbons (Fsp3) is 0.214. The number of rotatable bonds is 5. The molecule has 4 heterocycles. The van der Waals surface area contributed by atoms with E-state index >= 15 is 0 Å². The fourth-order valence-electron chi connectivity index (χ4n) is 2.31. The maximum absolute atomic E-state index is 12.3. The van der Waals surface area contributed by atoms with Gasteiger partial charge in [-0.2, -0.15) is 14.9 Å². The van der Waals surface area contributed by atoms with Gasteiger partial charge in [0.25, 0.3) is 0 Å². The van der Waals surface area contributed by atoms with Gasteiger partial charge in [0.05, 0.1) is 18.0 Å². The Bertz CT molecular complexity index is 1050. The van der Waals surface area contributed by atoms with Crippen molar-refractivity contribution >= 4 is 33.2 Å². The van der Waals surface area contributed by atoms with Crippen molar-refractivity contribution < 1.29 is 4.79 Å². The van der Waals surface area contributed by atoms with Crippen molar-refractivity contribution in [1.82, 2.24) is 34.8 Å². The minimum atomic E-state index is -0.128. The first-order valence-electron chi connectivity index (χ1n) is 7.15. The quantitative estimate of drug-likeness (QED) is 0.544. The Morgan fingerprint density at radius 3 is 3.17 bits per heavy atom. The van der Waals surface area contributed by atoms with E-state index in [-0.39, 0.29) is 24.4 Å². The van der Waals surface area contributed by atoms with Gasteiger partial charge in [-0.15, -0.1) is 10.2 Å². The van der Waals surface area contributed by atoms with Crippen molar-refractivity contribution in [3.05, 3.63) is 35.0 Å². The number of aryl methyl sites for hydroxylation is 1. The molecule has 4 aromatic heterocycles. The van der Waals surface area contributed by atoms with E-state index in [2.05, 4.69) is 36.3 Å². The molecule has 9 nitrogen and oxygen atoms in total. The molecule has 4 aromatic rings. The van der Waals surface area contributed by atoms with Gasteiger partial charge in [0.2, 0.25) is 4.96 Å². The third-order valence-corrected chi connectivity index (χ3v) is 4.32. The Morgan fingerprint density at radius 1 is 1.42 bits per heavy atom. The highest BCUT2D eigenvalue weighted by molar-refractivity contribution is 7.16. The van der Waals surface area contributed by atoms with Gasteiger partial charge in [-0.3, -0.25) is 4.79 Å². The molecular weight excluding hydrogens is 328 g/mol. The fourth-order valence-corrected chi connectivity index (χ4v) is 3.10. The monoisotopic (exact) mass is 338 g/mol. The van der Waals surface area contributed by atoms with Crippen LogP contribution in [-0.4, -0.2) is 40.5 Å². The number of ketones is 1. The van der Waals surface area contributed by atoms with Crippen molar-refractivity contribution in [2.24, 2.45) is 0 Å². The number of hydrogen-bond acceptors (Lipinski definition) is 8. The summed E-state index contributed by atoms with van der Waals surface area (Å²) in [7, 11) is 0. The first-order valence-corrected chi connectivity index (χ1v) is 7.97. The number of H-pyrrole nitrogens is 1. The Labute approximate surface area is 139 Å². The van der Waals surface area contributed by atoms with Crippen LogP contribution in [0.1, 0.15) is 27.9 Å². The third-order valence-electron chi connectivity index (χ3n) is 3.42. The van der Waals surface area contributed by atoms with Crippen LogP contribution in [0.15, 0.2) is 18.3 Å². The van der Waals surface area contributed by atoms with Crippen LogP contribution in [0.25, 0.3) is 16.1 Å². The number of carbonyl (C=O) groups excluding carboxylic acids is 1. The molecular formula is C14H10N8OS. The molecule has 0 saturated carbocycles. The largest absolute Gasteiger partial charge is 0.334 e. The van der Waals surface area contributed by atoms with Gasteiger partial charge in [0, 0.05) is 19.0 Å². The van der Waals surface area contributed by atoms with Crippen LogP contribution >= 0.6 is 11.3 Å². The molecule has 0 amide bonds. The maximum Gasteiger partial charge on any atom is 0.234 e. The molecule has 0 spiro atoms. The van der Waals surface area contributed by atoms with Gasteiger partial charge in [-0.05, 0) is 12.1 Å². The molecule has 0 saturated heterocycles. The lowest BCUT2D eigenvalue weighted by molar-refractivity contribution is 0.0973. The number of pyridine rings is 1. The smallest absolute Gasteiger partial charge is 0.234 e. The predicted molar refractivity (Wildman–Crippen MR) is 84.5 cm³/mol. The second-order valence-electron chi connectivity index (χ2n) is 5.02. The van der Waals surface area contributed by atoms with E-state index < -0.39 is 0 Å². The van der Waals surface area contributed by atoms with Gasteiger partial charge in [-0.1, -0.05) is 11.3 Å². The molecule has 0 bridgehead atoms. The summed E-state index contributed by atoms with van der Waals surface area (Å²) in [5.41, 5.74) is 1.25. The van der Waals surface area contributed by atoms with Crippen molar-refractivity contribution in [1.29, 1.82) is 5.26 Å². The van der Waals surface area contributed by atoms with E-state index in [0.29, 0.717) is 27.9 Å². The number of aromatic amines is 1. The van der Waals surface area contributed by atoms with Gasteiger partial charge in [0.1, 0.15) is 5.01 Å². The van der Waals surface area contributed by atoms with Crippen molar-refractivity contribution in [3.8, 4) is 6.07 Å². The Hall–Kier alpha value is -3.19. The van der Waals surface area contributed by atoms with E-state index in [1.165, 1.54) is 11.3 Å². The zero-order valence-electron chi connectivity index (χ0n) is 12.3. The molecule has 0 radical (unpaired) electrons. The molecule has 0 fully saturated rings. The molecule has 0 aliphatic rings. The van der Waals surface area contributed by atoms with E-state index in [4.69, 9.17) is 5.26 Å². The molecule has 4 rings (SSSR count). The highest BCUT2D eigenvalue weighted by Crippen LogP contribution is 2.16. The van der Waals surface area contributed by atoms with Crippen LogP contribution in [0.2, 0.25) is 0 Å². The molecule has 0 aromatic carbocycles. The van der Waals surface area contributed by atoms with E-state index in [0.717, 1.165) is 5.52 Å². The molecule has 1 N–H and O–H groups in total. The van der Waals surface area contributed by atoms with Gasteiger partial charge in [-0.25, -0.2) is 9.97 Å². The molecule has 10 heteroatoms. The van der Waals surface area contributed by atoms with Crippen LogP contribution in [-0.2, 0) is 12.8 Å². The summed E-state index contributed by atoms with van der Waals surface area (Å²) in [6.07, 6.45) is 2.48. The van der Waals surface area contributed by atoms with E-state index in [1.807, 2.05) is 6.07 Å². The summed E-state index contributed by atoms with van der Waals surface area (Å²) >= 11 is 1.32. The zero-order chi connectivity index (χ0) is 16.5. The van der Waals surface area contributed by atoms with E-state index in [9.17, 15) is 4.79 Å². The normalized spacial score (nSPS) is 11.1. The molecule has 0 aliphatic heterocycles. The minimum Gasteiger partial charge on any atom is -0.334 e. The lowest BCUT2D eigenvalue weighted by Gasteiger charge is -1.95. The van der Waals surface area contributed by atoms with Gasteiger partial charge < -0.3 is 4.98 Å². The van der Waals surface area contributed by atoms with Crippen LogP contribution in [0.5, 0.6) is 0 Å². The summed E-state index contributed by atoms with van der Waals surface area (Å²) < 4.78 is 1.59. The number of nitrogens with one attached hydrogen (secondary N) is 1. The average Bonchev–Trinajstić information content (AvgIpc) is 3.26. The van der Waals surface area contributed by atoms with Gasteiger partial charge in [0.15, 0.2) is 23.1 Å². The predicted octanol–water partition coefficient (Wildman–Crippen LogP) is 1.34. The summed E-state index contributed by atoms with van der Waals surface area (Å²) in [6, 6.07) is 5.65.